The van der Waals surface area contributed by atoms with E-state index < -0.39 is 5.60 Å². The van der Waals surface area contributed by atoms with E-state index in [1.807, 2.05) is 39.8 Å². The Morgan fingerprint density at radius 3 is 2.39 bits per heavy atom. The van der Waals surface area contributed by atoms with E-state index >= 15 is 0 Å². The summed E-state index contributed by atoms with van der Waals surface area (Å²) < 4.78 is 11.9. The third-order valence-electron chi connectivity index (χ3n) is 5.82. The number of hydrogen-bond donors (Lipinski definition) is 1. The zero-order valence-electron chi connectivity index (χ0n) is 21.3. The van der Waals surface area contributed by atoms with Crippen LogP contribution in [-0.2, 0) is 9.53 Å². The van der Waals surface area contributed by atoms with Crippen molar-refractivity contribution in [2.45, 2.75) is 55.2 Å². The van der Waals surface area contributed by atoms with Gasteiger partial charge < -0.3 is 24.6 Å². The molecule has 1 saturated heterocycles. The Balaban J connectivity index is 1.44. The van der Waals surface area contributed by atoms with Crippen molar-refractivity contribution in [2.75, 3.05) is 38.6 Å². The van der Waals surface area contributed by atoms with E-state index in [0.29, 0.717) is 42.6 Å². The smallest absolute Gasteiger partial charge is 0.410 e. The molecule has 2 aliphatic rings. The number of rotatable bonds is 6. The number of ether oxygens (including phenoxy) is 2. The number of amides is 3. The minimum absolute atomic E-state index is 0.0289. The van der Waals surface area contributed by atoms with E-state index in [2.05, 4.69) is 10.3 Å². The number of nitrogens with one attached hydrogen (secondary N) is 1. The van der Waals surface area contributed by atoms with Gasteiger partial charge in [-0.05, 0) is 58.2 Å². The molecule has 0 spiro atoms. The van der Waals surface area contributed by atoms with E-state index in [4.69, 9.17) is 9.47 Å². The maximum absolute atomic E-state index is 13.4. The molecule has 0 unspecified atom stereocenters. The molecule has 4 rings (SSSR count). The zero-order chi connectivity index (χ0) is 26.0. The third kappa shape index (κ3) is 6.50. The molecule has 0 atom stereocenters. The molecule has 1 aromatic carbocycles. The first-order chi connectivity index (χ1) is 17.0. The SMILES string of the molecule is COc1cc(C)c(Sc2cnc(NC(=O)C3CC3)s2)cc1C(=O)N1CCN(C(=O)OC(C)(C)C)CC1. The Kier molecular flexibility index (Phi) is 7.79. The van der Waals surface area contributed by atoms with Crippen LogP contribution in [0.1, 0.15) is 49.5 Å². The van der Waals surface area contributed by atoms with Crippen LogP contribution in [0.3, 0.4) is 0 Å². The van der Waals surface area contributed by atoms with Gasteiger partial charge in [-0.25, -0.2) is 9.78 Å². The van der Waals surface area contributed by atoms with Gasteiger partial charge in [0.05, 0.1) is 23.1 Å². The lowest BCUT2D eigenvalue weighted by molar-refractivity contribution is -0.117. The Hall–Kier alpha value is -2.79. The molecule has 0 radical (unpaired) electrons. The van der Waals surface area contributed by atoms with Gasteiger partial charge in [0, 0.05) is 37.0 Å². The summed E-state index contributed by atoms with van der Waals surface area (Å²) >= 11 is 2.91. The predicted molar refractivity (Wildman–Crippen MR) is 139 cm³/mol. The fourth-order valence-electron chi connectivity index (χ4n) is 3.72. The van der Waals surface area contributed by atoms with Gasteiger partial charge in [-0.3, -0.25) is 9.59 Å². The highest BCUT2D eigenvalue weighted by atomic mass is 32.2. The minimum Gasteiger partial charge on any atom is -0.496 e. The van der Waals surface area contributed by atoms with Crippen molar-refractivity contribution in [3.05, 3.63) is 29.5 Å². The average Bonchev–Trinajstić information content (AvgIpc) is 3.59. The molecule has 2 fully saturated rings. The lowest BCUT2D eigenvalue weighted by Crippen LogP contribution is -2.51. The molecule has 1 saturated carbocycles. The quantitative estimate of drug-likeness (QED) is 0.578. The molecule has 194 valence electrons. The van der Waals surface area contributed by atoms with Gasteiger partial charge in [-0.2, -0.15) is 0 Å². The first-order valence-electron chi connectivity index (χ1n) is 11.9. The standard InChI is InChI=1S/C25H32N4O5S2/c1-15-12-18(33-5)17(22(31)28-8-10-29(11-9-28)24(32)34-25(2,3)4)13-19(15)35-20-14-26-23(36-20)27-21(30)16-6-7-16/h12-14,16H,6-11H2,1-5H3,(H,26,27,30). The number of benzene rings is 1. The van der Waals surface area contributed by atoms with Crippen LogP contribution in [0, 0.1) is 12.8 Å². The van der Waals surface area contributed by atoms with Gasteiger partial charge in [0.2, 0.25) is 5.91 Å². The number of carbonyl (C=O) groups is 3. The van der Waals surface area contributed by atoms with Crippen LogP contribution in [0.2, 0.25) is 0 Å². The fraction of sp³-hybridized carbons (Fsp3) is 0.520. The van der Waals surface area contributed by atoms with E-state index in [1.54, 1.807) is 23.1 Å². The van der Waals surface area contributed by atoms with Gasteiger partial charge >= 0.3 is 6.09 Å². The van der Waals surface area contributed by atoms with Crippen LogP contribution in [0.15, 0.2) is 27.4 Å². The monoisotopic (exact) mass is 532 g/mol. The van der Waals surface area contributed by atoms with Crippen molar-refractivity contribution >= 4 is 46.1 Å². The summed E-state index contributed by atoms with van der Waals surface area (Å²) in [4.78, 5) is 46.4. The van der Waals surface area contributed by atoms with Crippen LogP contribution < -0.4 is 10.1 Å². The maximum atomic E-state index is 13.4. The van der Waals surface area contributed by atoms with Crippen LogP contribution in [0.5, 0.6) is 5.75 Å². The first kappa shape index (κ1) is 26.3. The third-order valence-corrected chi connectivity index (χ3v) is 7.99. The molecular weight excluding hydrogens is 500 g/mol. The second-order valence-corrected chi connectivity index (χ2v) is 12.3. The van der Waals surface area contributed by atoms with Crippen LogP contribution in [-0.4, -0.2) is 71.6 Å². The highest BCUT2D eigenvalue weighted by molar-refractivity contribution is 8.01. The molecule has 1 aromatic heterocycles. The largest absolute Gasteiger partial charge is 0.496 e. The van der Waals surface area contributed by atoms with Crippen molar-refractivity contribution in [3.8, 4) is 5.75 Å². The predicted octanol–water partition coefficient (Wildman–Crippen LogP) is 4.65. The Bertz CT molecular complexity index is 1150. The summed E-state index contributed by atoms with van der Waals surface area (Å²) in [5, 5.41) is 3.46. The number of aryl methyl sites for hydroxylation is 1. The van der Waals surface area contributed by atoms with Crippen molar-refractivity contribution in [1.82, 2.24) is 14.8 Å². The van der Waals surface area contributed by atoms with Gasteiger partial charge in [0.15, 0.2) is 5.13 Å². The molecular formula is C25H32N4O5S2. The molecule has 11 heteroatoms. The number of nitrogens with zero attached hydrogens (tertiary/aromatic N) is 3. The van der Waals surface area contributed by atoms with E-state index in [-0.39, 0.29) is 23.8 Å². The minimum atomic E-state index is -0.560. The van der Waals surface area contributed by atoms with Crippen molar-refractivity contribution in [2.24, 2.45) is 5.92 Å². The van der Waals surface area contributed by atoms with Gasteiger partial charge in [0.25, 0.3) is 5.91 Å². The van der Waals surface area contributed by atoms with Crippen LogP contribution >= 0.6 is 23.1 Å². The molecule has 2 heterocycles. The lowest BCUT2D eigenvalue weighted by atomic mass is 10.1. The normalized spacial score (nSPS) is 16.0. The number of anilines is 1. The number of aromatic nitrogens is 1. The molecule has 9 nitrogen and oxygen atoms in total. The van der Waals surface area contributed by atoms with Crippen LogP contribution in [0.25, 0.3) is 0 Å². The van der Waals surface area contributed by atoms with Gasteiger partial charge in [0.1, 0.15) is 11.4 Å². The Labute approximate surface area is 219 Å². The molecule has 2 aromatic rings. The lowest BCUT2D eigenvalue weighted by Gasteiger charge is -2.35. The summed E-state index contributed by atoms with van der Waals surface area (Å²) in [5.41, 5.74) is 0.887. The molecule has 1 N–H and O–H groups in total. The topological polar surface area (TPSA) is 101 Å². The molecule has 1 aliphatic heterocycles. The summed E-state index contributed by atoms with van der Waals surface area (Å²) in [6.07, 6.45) is 3.25. The molecule has 0 bridgehead atoms. The Morgan fingerprint density at radius 1 is 1.11 bits per heavy atom. The number of thiazole rings is 1. The van der Waals surface area contributed by atoms with Crippen molar-refractivity contribution in [1.29, 1.82) is 0 Å². The summed E-state index contributed by atoms with van der Waals surface area (Å²) in [6, 6.07) is 3.72. The number of carbonyl (C=O) groups excluding carboxylic acids is 3. The summed E-state index contributed by atoms with van der Waals surface area (Å²) in [7, 11) is 1.55. The second-order valence-electron chi connectivity index (χ2n) is 9.93. The molecule has 1 aliphatic carbocycles. The number of hydrogen-bond acceptors (Lipinski definition) is 8. The first-order valence-corrected chi connectivity index (χ1v) is 13.6. The van der Waals surface area contributed by atoms with E-state index in [1.165, 1.54) is 23.1 Å². The highest BCUT2D eigenvalue weighted by Crippen LogP contribution is 2.39. The second kappa shape index (κ2) is 10.7. The Morgan fingerprint density at radius 2 is 1.78 bits per heavy atom. The van der Waals surface area contributed by atoms with E-state index in [0.717, 1.165) is 27.5 Å². The highest BCUT2D eigenvalue weighted by Gasteiger charge is 2.31. The molecule has 36 heavy (non-hydrogen) atoms. The summed E-state index contributed by atoms with van der Waals surface area (Å²) in [6.45, 7) is 9.12. The zero-order valence-corrected chi connectivity index (χ0v) is 22.9. The average molecular weight is 533 g/mol. The van der Waals surface area contributed by atoms with Crippen molar-refractivity contribution in [3.63, 3.8) is 0 Å². The van der Waals surface area contributed by atoms with Gasteiger partial charge in [-0.15, -0.1) is 0 Å². The van der Waals surface area contributed by atoms with Crippen molar-refractivity contribution < 1.29 is 23.9 Å². The molecule has 3 amide bonds. The van der Waals surface area contributed by atoms with Gasteiger partial charge in [-0.1, -0.05) is 23.1 Å². The maximum Gasteiger partial charge on any atom is 0.410 e. The van der Waals surface area contributed by atoms with Crippen LogP contribution in [0.4, 0.5) is 9.93 Å². The summed E-state index contributed by atoms with van der Waals surface area (Å²) in [5.74, 6) is 0.520. The fourth-order valence-corrected chi connectivity index (χ4v) is 5.67. The number of piperazine rings is 1. The number of methoxy groups -OCH3 is 1. The van der Waals surface area contributed by atoms with E-state index in [9.17, 15) is 14.4 Å².